The molecule has 5 atom stereocenters. The Morgan fingerprint density at radius 3 is 1.91 bits per heavy atom. The van der Waals surface area contributed by atoms with E-state index in [1.165, 1.54) is 0 Å². The van der Waals surface area contributed by atoms with Gasteiger partial charge in [-0.15, -0.1) is 0 Å². The van der Waals surface area contributed by atoms with Gasteiger partial charge in [0.25, 0.3) is 0 Å². The molecule has 1 N–H and O–H groups in total. The van der Waals surface area contributed by atoms with E-state index in [0.717, 1.165) is 26.1 Å². The zero-order valence-corrected chi connectivity index (χ0v) is 29.6. The van der Waals surface area contributed by atoms with Crippen LogP contribution in [0.15, 0.2) is 115 Å². The average Bonchev–Trinajstić information content (AvgIpc) is 3.09. The average molecular weight is 708 g/mol. The molecule has 0 aromatic heterocycles. The first-order valence-electron chi connectivity index (χ1n) is 15.6. The van der Waals surface area contributed by atoms with Gasteiger partial charge in [-0.25, -0.2) is 0 Å². The summed E-state index contributed by atoms with van der Waals surface area (Å²) in [6.45, 7) is 7.03. The molecular weight excluding hydrogens is 663 g/mol. The van der Waals surface area contributed by atoms with E-state index in [1.807, 2.05) is 66.7 Å². The molecule has 0 radical (unpaired) electrons. The van der Waals surface area contributed by atoms with Crippen molar-refractivity contribution < 1.29 is 32.3 Å². The van der Waals surface area contributed by atoms with E-state index in [2.05, 4.69) is 69.3 Å². The molecule has 4 aromatic carbocycles. The Hall–Kier alpha value is -2.98. The topological polar surface area (TPSA) is 83.5 Å². The van der Waals surface area contributed by atoms with Crippen LogP contribution in [0.5, 0.6) is 5.75 Å². The minimum atomic E-state index is -3.12. The minimum absolute atomic E-state index is 0.0537. The van der Waals surface area contributed by atoms with Crippen LogP contribution in [0.2, 0.25) is 9.85 Å². The fourth-order valence-corrected chi connectivity index (χ4v) is 14.3. The third kappa shape index (κ3) is 7.59. The van der Waals surface area contributed by atoms with Gasteiger partial charge in [0.05, 0.1) is 0 Å². The van der Waals surface area contributed by atoms with Crippen molar-refractivity contribution in [2.24, 2.45) is 0 Å². The van der Waals surface area contributed by atoms with E-state index >= 15 is 0 Å². The van der Waals surface area contributed by atoms with Crippen LogP contribution in [0, 0.1) is 0 Å². The van der Waals surface area contributed by atoms with Gasteiger partial charge in [0.1, 0.15) is 0 Å². The molecule has 0 saturated carbocycles. The Labute approximate surface area is 277 Å². The van der Waals surface area contributed by atoms with Gasteiger partial charge in [-0.05, 0) is 0 Å². The first kappa shape index (κ1) is 34.4. The Bertz CT molecular complexity index is 1480. The molecule has 0 aliphatic carbocycles. The molecule has 0 spiro atoms. The summed E-state index contributed by atoms with van der Waals surface area (Å²) in [5.41, 5.74) is 0.970. The van der Waals surface area contributed by atoms with Gasteiger partial charge in [-0.2, -0.15) is 0 Å². The molecule has 5 rings (SSSR count). The molecule has 0 amide bonds. The SMILES string of the molecule is COc1ccc(CO[C@@H]2CO[C@H](OCCO)[C@@H]([Se](=O)c3ccccc3)[C@H]2O[Si](c2ccccc2)(c2ccccc2)C(C)(C)C)cc1. The Balaban J connectivity index is 1.65. The van der Waals surface area contributed by atoms with Crippen LogP contribution >= 0.6 is 0 Å². The predicted molar refractivity (Wildman–Crippen MR) is 183 cm³/mol. The molecule has 244 valence electrons. The van der Waals surface area contributed by atoms with Crippen LogP contribution in [-0.4, -0.2) is 72.7 Å². The van der Waals surface area contributed by atoms with Gasteiger partial charge >= 0.3 is 279 Å². The summed E-state index contributed by atoms with van der Waals surface area (Å²) in [5, 5.41) is 11.6. The quantitative estimate of drug-likeness (QED) is 0.204. The summed E-state index contributed by atoms with van der Waals surface area (Å²) in [6, 6.07) is 38.1. The second-order valence-corrected chi connectivity index (χ2v) is 19.9. The number of benzene rings is 4. The summed E-state index contributed by atoms with van der Waals surface area (Å²) in [4.78, 5) is -0.662. The number of ether oxygens (including phenoxy) is 4. The standard InChI is InChI=1S/C37H44O7SeSi/c1-37(2,3)46(31-16-10-6-11-17-31,32-18-12-7-13-19-32)44-34-33(42-26-28-20-22-29(40-4)23-21-28)27-43-36(41-25-24-38)35(34)45(39)30-14-8-5-9-15-30/h5-23,33-36,38H,24-27H2,1-4H3/t33-,34+,35+,36+,45?/m1/s1. The fraction of sp³-hybridized carbons (Fsp3) is 0.351. The second-order valence-electron chi connectivity index (χ2n) is 12.3. The molecule has 46 heavy (non-hydrogen) atoms. The van der Waals surface area contributed by atoms with Crippen molar-refractivity contribution in [3.05, 3.63) is 121 Å². The molecular formula is C37H44O7SeSi. The maximum atomic E-state index is 14.7. The van der Waals surface area contributed by atoms with Crippen molar-refractivity contribution in [2.45, 2.75) is 55.7 Å². The van der Waals surface area contributed by atoms with Gasteiger partial charge in [0, 0.05) is 0 Å². The third-order valence-corrected chi connectivity index (χ3v) is 17.0. The number of aliphatic hydroxyl groups is 1. The van der Waals surface area contributed by atoms with Crippen LogP contribution in [0.3, 0.4) is 0 Å². The van der Waals surface area contributed by atoms with Gasteiger partial charge in [-0.1, -0.05) is 0 Å². The van der Waals surface area contributed by atoms with Crippen molar-refractivity contribution in [2.75, 3.05) is 26.9 Å². The van der Waals surface area contributed by atoms with Crippen molar-refractivity contribution >= 4 is 37.0 Å². The van der Waals surface area contributed by atoms with Gasteiger partial charge in [-0.3, -0.25) is 0 Å². The first-order valence-corrected chi connectivity index (χ1v) is 20.1. The second kappa shape index (κ2) is 15.7. The molecule has 1 aliphatic rings. The van der Waals surface area contributed by atoms with E-state index in [9.17, 15) is 8.94 Å². The van der Waals surface area contributed by atoms with Crippen molar-refractivity contribution in [1.82, 2.24) is 0 Å². The zero-order valence-electron chi connectivity index (χ0n) is 26.9. The number of hydrogen-bond acceptors (Lipinski definition) is 7. The third-order valence-electron chi connectivity index (χ3n) is 8.33. The Morgan fingerprint density at radius 1 is 0.826 bits per heavy atom. The normalized spacial score (nSPS) is 21.1. The van der Waals surface area contributed by atoms with Crippen molar-refractivity contribution in [1.29, 1.82) is 0 Å². The van der Waals surface area contributed by atoms with Gasteiger partial charge < -0.3 is 0 Å². The summed E-state index contributed by atoms with van der Waals surface area (Å²) in [6.07, 6.45) is -2.05. The fourth-order valence-electron chi connectivity index (χ4n) is 6.10. The van der Waals surface area contributed by atoms with Gasteiger partial charge in [0.15, 0.2) is 0 Å². The Morgan fingerprint density at radius 2 is 1.39 bits per heavy atom. The van der Waals surface area contributed by atoms with E-state index in [4.69, 9.17) is 23.4 Å². The van der Waals surface area contributed by atoms with E-state index < -0.39 is 45.5 Å². The predicted octanol–water partition coefficient (Wildman–Crippen LogP) is 4.59. The molecule has 1 unspecified atom stereocenters. The summed E-state index contributed by atoms with van der Waals surface area (Å²) < 4.78 is 47.6. The molecule has 0 bridgehead atoms. The van der Waals surface area contributed by atoms with Crippen molar-refractivity contribution in [3.8, 4) is 5.75 Å². The molecule has 1 fully saturated rings. The van der Waals surface area contributed by atoms with Crippen molar-refractivity contribution in [3.63, 3.8) is 0 Å². The summed E-state index contributed by atoms with van der Waals surface area (Å²) in [5.74, 6) is 0.768. The number of rotatable bonds is 13. The molecule has 1 aliphatic heterocycles. The van der Waals surface area contributed by atoms with Crippen LogP contribution in [-0.2, 0) is 29.1 Å². The van der Waals surface area contributed by atoms with E-state index in [0.29, 0.717) is 6.61 Å². The first-order chi connectivity index (χ1) is 22.3. The maximum absolute atomic E-state index is 14.7. The van der Waals surface area contributed by atoms with Crippen LogP contribution in [0.4, 0.5) is 0 Å². The molecule has 7 nitrogen and oxygen atoms in total. The Kier molecular flexibility index (Phi) is 11.8. The van der Waals surface area contributed by atoms with Gasteiger partial charge in [0.2, 0.25) is 0 Å². The van der Waals surface area contributed by atoms with Crippen LogP contribution in [0.1, 0.15) is 26.3 Å². The number of aliphatic hydroxyl groups excluding tert-OH is 1. The zero-order chi connectivity index (χ0) is 32.6. The monoisotopic (exact) mass is 708 g/mol. The van der Waals surface area contributed by atoms with Crippen LogP contribution < -0.4 is 19.6 Å². The van der Waals surface area contributed by atoms with E-state index in [-0.39, 0.29) is 24.9 Å². The van der Waals surface area contributed by atoms with E-state index in [1.54, 1.807) is 7.11 Å². The number of hydrogen-bond donors (Lipinski definition) is 1. The molecule has 1 heterocycles. The molecule has 1 saturated heterocycles. The molecule has 4 aromatic rings. The van der Waals surface area contributed by atoms with Crippen LogP contribution in [0.25, 0.3) is 0 Å². The molecule has 9 heteroatoms. The summed E-state index contributed by atoms with van der Waals surface area (Å²) >= 11 is -2.88. The summed E-state index contributed by atoms with van der Waals surface area (Å²) in [7, 11) is -1.48. The number of methoxy groups -OCH3 is 1.